The van der Waals surface area contributed by atoms with Crippen LogP contribution in [0.1, 0.15) is 0 Å². The highest BCUT2D eigenvalue weighted by molar-refractivity contribution is 5.93. The Kier molecular flexibility index (Phi) is 1.19. The summed E-state index contributed by atoms with van der Waals surface area (Å²) in [5, 5.41) is 5.49. The van der Waals surface area contributed by atoms with Crippen LogP contribution in [-0.4, -0.2) is 9.61 Å². The normalized spacial score (nSPS) is 11.1. The van der Waals surface area contributed by atoms with Gasteiger partial charge in [-0.25, -0.2) is 4.52 Å². The fourth-order valence-corrected chi connectivity index (χ4v) is 1.51. The Labute approximate surface area is 75.4 Å². The molecule has 60 valence electrons. The quantitative estimate of drug-likeness (QED) is 0.499. The summed E-state index contributed by atoms with van der Waals surface area (Å²) in [6, 6.07) is 14.7. The molecular formula is C11H6N2. The third kappa shape index (κ3) is 0.855. The largest absolute Gasteiger partial charge is 0.230 e. The molecule has 0 fully saturated rings. The first-order valence-corrected chi connectivity index (χ1v) is 4.10. The highest BCUT2D eigenvalue weighted by atomic mass is 15.2. The van der Waals surface area contributed by atoms with E-state index in [4.69, 9.17) is 0 Å². The lowest BCUT2D eigenvalue weighted by atomic mass is 10.2. The van der Waals surface area contributed by atoms with Gasteiger partial charge in [0, 0.05) is 5.39 Å². The van der Waals surface area contributed by atoms with Crippen molar-refractivity contribution in [2.75, 3.05) is 0 Å². The minimum Gasteiger partial charge on any atom is -0.230 e. The van der Waals surface area contributed by atoms with Crippen molar-refractivity contribution in [1.82, 2.24) is 9.61 Å². The summed E-state index contributed by atoms with van der Waals surface area (Å²) in [4.78, 5) is 0. The Morgan fingerprint density at radius 3 is 3.23 bits per heavy atom. The summed E-state index contributed by atoms with van der Waals surface area (Å²) in [5.74, 6) is 0. The lowest BCUT2D eigenvalue weighted by Gasteiger charge is -1.88. The molecule has 1 aromatic carbocycles. The summed E-state index contributed by atoms with van der Waals surface area (Å²) in [6.45, 7) is 0. The van der Waals surface area contributed by atoms with Crippen molar-refractivity contribution in [2.24, 2.45) is 0 Å². The van der Waals surface area contributed by atoms with Gasteiger partial charge in [-0.3, -0.25) is 0 Å². The topological polar surface area (TPSA) is 17.3 Å². The molecule has 0 aliphatic rings. The number of hydrogen-bond acceptors (Lipinski definition) is 1. The molecule has 0 saturated carbocycles. The second-order valence-corrected chi connectivity index (χ2v) is 2.90. The molecule has 3 rings (SSSR count). The van der Waals surface area contributed by atoms with Gasteiger partial charge in [-0.15, -0.1) is 0 Å². The van der Waals surface area contributed by atoms with E-state index in [0.717, 1.165) is 16.4 Å². The van der Waals surface area contributed by atoms with Crippen molar-refractivity contribution in [2.45, 2.75) is 0 Å². The molecule has 2 heterocycles. The third-order valence-corrected chi connectivity index (χ3v) is 2.10. The van der Waals surface area contributed by atoms with Crippen LogP contribution in [0.15, 0.2) is 36.4 Å². The minimum atomic E-state index is 0.963. The van der Waals surface area contributed by atoms with Crippen LogP contribution >= 0.6 is 0 Å². The second-order valence-electron chi connectivity index (χ2n) is 2.90. The van der Waals surface area contributed by atoms with E-state index in [1.165, 1.54) is 0 Å². The third-order valence-electron chi connectivity index (χ3n) is 2.10. The Balaban J connectivity index is 2.64. The average molecular weight is 166 g/mol. The van der Waals surface area contributed by atoms with E-state index in [1.807, 2.05) is 36.4 Å². The van der Waals surface area contributed by atoms with Gasteiger partial charge in [-0.05, 0) is 30.3 Å². The van der Waals surface area contributed by atoms with Gasteiger partial charge in [0.25, 0.3) is 0 Å². The average Bonchev–Trinajstić information content (AvgIpc) is 2.56. The van der Waals surface area contributed by atoms with Gasteiger partial charge in [0.15, 0.2) is 0 Å². The van der Waals surface area contributed by atoms with E-state index in [0.29, 0.717) is 0 Å². The molecule has 13 heavy (non-hydrogen) atoms. The van der Waals surface area contributed by atoms with Gasteiger partial charge in [-0.1, -0.05) is 12.1 Å². The second kappa shape index (κ2) is 2.33. The standard InChI is InChI=1S/C11H6N2/c1-2-6-10-9(5-1)11-7-3-4-8-13(11)12-10/h1,3-7H. The lowest BCUT2D eigenvalue weighted by Crippen LogP contribution is -1.83. The van der Waals surface area contributed by atoms with Crippen LogP contribution in [0.5, 0.6) is 0 Å². The maximum atomic E-state index is 4.35. The zero-order chi connectivity index (χ0) is 8.67. The van der Waals surface area contributed by atoms with Gasteiger partial charge in [-0.2, -0.15) is 5.10 Å². The Hall–Kier alpha value is -1.83. The minimum absolute atomic E-state index is 0.963. The maximum Gasteiger partial charge on any atom is 0.0940 e. The van der Waals surface area contributed by atoms with E-state index in [9.17, 15) is 0 Å². The molecule has 0 unspecified atom stereocenters. The van der Waals surface area contributed by atoms with Crippen LogP contribution in [0, 0.1) is 12.3 Å². The van der Waals surface area contributed by atoms with Crippen molar-refractivity contribution in [3.63, 3.8) is 0 Å². The molecular weight excluding hydrogens is 160 g/mol. The maximum absolute atomic E-state index is 4.35. The van der Waals surface area contributed by atoms with Crippen LogP contribution in [0.4, 0.5) is 0 Å². The SMILES string of the molecule is [c]1ccc2c(c1)nn1[c]cccc21. The first kappa shape index (κ1) is 6.66. The molecule has 2 aromatic heterocycles. The molecule has 2 nitrogen and oxygen atoms in total. The van der Waals surface area contributed by atoms with Gasteiger partial charge in [0.1, 0.15) is 0 Å². The molecule has 0 N–H and O–H groups in total. The fraction of sp³-hybridized carbons (Fsp3) is 0. The first-order chi connectivity index (χ1) is 6.45. The zero-order valence-electron chi connectivity index (χ0n) is 6.86. The van der Waals surface area contributed by atoms with Crippen LogP contribution in [-0.2, 0) is 0 Å². The summed E-state index contributed by atoms with van der Waals surface area (Å²) < 4.78 is 1.76. The predicted molar refractivity (Wildman–Crippen MR) is 50.4 cm³/mol. The Morgan fingerprint density at radius 1 is 1.23 bits per heavy atom. The summed E-state index contributed by atoms with van der Waals surface area (Å²) in [7, 11) is 0. The van der Waals surface area contributed by atoms with E-state index in [-0.39, 0.29) is 0 Å². The molecule has 0 spiro atoms. The number of pyridine rings is 1. The summed E-state index contributed by atoms with van der Waals surface area (Å²) in [5.41, 5.74) is 2.05. The Bertz CT molecular complexity index is 516. The van der Waals surface area contributed by atoms with Gasteiger partial charge >= 0.3 is 0 Å². The molecule has 2 radical (unpaired) electrons. The van der Waals surface area contributed by atoms with Gasteiger partial charge < -0.3 is 0 Å². The molecule has 3 aromatic rings. The van der Waals surface area contributed by atoms with Crippen molar-refractivity contribution in [3.8, 4) is 0 Å². The summed E-state index contributed by atoms with van der Waals surface area (Å²) >= 11 is 0. The number of rotatable bonds is 0. The number of aromatic nitrogens is 2. The Morgan fingerprint density at radius 2 is 2.23 bits per heavy atom. The number of benzene rings is 1. The van der Waals surface area contributed by atoms with Crippen LogP contribution in [0.2, 0.25) is 0 Å². The number of hydrogen-bond donors (Lipinski definition) is 0. The molecule has 0 saturated heterocycles. The highest BCUT2D eigenvalue weighted by Crippen LogP contribution is 2.17. The lowest BCUT2D eigenvalue weighted by molar-refractivity contribution is 0.972. The van der Waals surface area contributed by atoms with Crippen molar-refractivity contribution >= 4 is 16.4 Å². The van der Waals surface area contributed by atoms with E-state index < -0.39 is 0 Å². The zero-order valence-corrected chi connectivity index (χ0v) is 6.86. The monoisotopic (exact) mass is 166 g/mol. The van der Waals surface area contributed by atoms with Crippen molar-refractivity contribution in [1.29, 1.82) is 0 Å². The van der Waals surface area contributed by atoms with E-state index in [2.05, 4.69) is 17.4 Å². The first-order valence-electron chi connectivity index (χ1n) is 4.10. The molecule has 2 heteroatoms. The molecule has 0 amide bonds. The number of fused-ring (bicyclic) bond motifs is 3. The van der Waals surface area contributed by atoms with E-state index in [1.54, 1.807) is 4.52 Å². The van der Waals surface area contributed by atoms with Gasteiger partial charge in [0.05, 0.1) is 17.2 Å². The molecule has 0 aliphatic heterocycles. The number of nitrogens with zero attached hydrogens (tertiary/aromatic N) is 2. The van der Waals surface area contributed by atoms with Crippen molar-refractivity contribution in [3.05, 3.63) is 48.7 Å². The van der Waals surface area contributed by atoms with Gasteiger partial charge in [0.2, 0.25) is 0 Å². The molecule has 0 atom stereocenters. The van der Waals surface area contributed by atoms with Crippen LogP contribution < -0.4 is 0 Å². The fourth-order valence-electron chi connectivity index (χ4n) is 1.51. The van der Waals surface area contributed by atoms with Crippen LogP contribution in [0.3, 0.4) is 0 Å². The smallest absolute Gasteiger partial charge is 0.0940 e. The summed E-state index contributed by atoms with van der Waals surface area (Å²) in [6.07, 6.45) is 3.03. The predicted octanol–water partition coefficient (Wildman–Crippen LogP) is 2.09. The van der Waals surface area contributed by atoms with Crippen LogP contribution in [0.25, 0.3) is 16.4 Å². The molecule has 0 bridgehead atoms. The van der Waals surface area contributed by atoms with E-state index >= 15 is 0 Å². The molecule has 0 aliphatic carbocycles. The van der Waals surface area contributed by atoms with Crippen molar-refractivity contribution < 1.29 is 0 Å². The highest BCUT2D eigenvalue weighted by Gasteiger charge is 2.01.